The fraction of sp³-hybridized carbons (Fsp3) is 0.433. The third-order valence-corrected chi connectivity index (χ3v) is 8.39. The fourth-order valence-corrected chi connectivity index (χ4v) is 5.86. The van der Waals surface area contributed by atoms with Crippen molar-refractivity contribution in [2.75, 3.05) is 37.6 Å². The molecule has 1 aromatic heterocycles. The largest absolute Gasteiger partial charge is 0.479 e. The van der Waals surface area contributed by atoms with Crippen LogP contribution in [0.2, 0.25) is 0 Å². The third kappa shape index (κ3) is 7.98. The number of carbonyl (C=O) groups excluding carboxylic acids is 1. The summed E-state index contributed by atoms with van der Waals surface area (Å²) in [5.41, 5.74) is 1.53. The minimum atomic E-state index is -4.46. The maximum Gasteiger partial charge on any atom is 0.406 e. The summed E-state index contributed by atoms with van der Waals surface area (Å²) in [6.45, 7) is -0.134. The number of rotatable bonds is 8. The zero-order valence-electron chi connectivity index (χ0n) is 24.0. The Morgan fingerprint density at radius 2 is 1.81 bits per heavy atom. The Hall–Kier alpha value is -3.69. The van der Waals surface area contributed by atoms with Gasteiger partial charge in [-0.3, -0.25) is 4.79 Å². The molecule has 0 atom stereocenters. The molecule has 4 rings (SSSR count). The first-order valence-electron chi connectivity index (χ1n) is 13.6. The van der Waals surface area contributed by atoms with Crippen molar-refractivity contribution in [3.63, 3.8) is 0 Å². The maximum atomic E-state index is 13.6. The van der Waals surface area contributed by atoms with Gasteiger partial charge in [-0.05, 0) is 82.1 Å². The summed E-state index contributed by atoms with van der Waals surface area (Å²) in [4.78, 5) is 13.9. The smallest absolute Gasteiger partial charge is 0.406 e. The molecule has 1 fully saturated rings. The molecule has 12 heteroatoms. The molecule has 0 aliphatic heterocycles. The number of halogens is 3. The van der Waals surface area contributed by atoms with E-state index in [1.165, 1.54) is 25.1 Å². The minimum absolute atomic E-state index is 0.00323. The van der Waals surface area contributed by atoms with E-state index in [0.29, 0.717) is 16.9 Å². The van der Waals surface area contributed by atoms with Crippen molar-refractivity contribution < 1.29 is 31.1 Å². The monoisotopic (exact) mass is 604 g/mol. The predicted octanol–water partition coefficient (Wildman–Crippen LogP) is 5.28. The fourth-order valence-electron chi connectivity index (χ4n) is 5.21. The van der Waals surface area contributed by atoms with E-state index in [-0.39, 0.29) is 34.7 Å². The predicted molar refractivity (Wildman–Crippen MR) is 158 cm³/mol. The van der Waals surface area contributed by atoms with Crippen LogP contribution in [0.4, 0.5) is 24.5 Å². The summed E-state index contributed by atoms with van der Waals surface area (Å²) < 4.78 is 71.4. The normalized spacial score (nSPS) is 17.5. The molecule has 3 aromatic rings. The first-order valence-corrected chi connectivity index (χ1v) is 15.5. The molecule has 226 valence electrons. The van der Waals surface area contributed by atoms with E-state index < -0.39 is 28.5 Å². The molecule has 1 amide bonds. The van der Waals surface area contributed by atoms with E-state index in [9.17, 15) is 26.4 Å². The molecule has 8 nitrogen and oxygen atoms in total. The minimum Gasteiger partial charge on any atom is -0.479 e. The van der Waals surface area contributed by atoms with Crippen molar-refractivity contribution in [1.82, 2.24) is 9.47 Å². The Bertz CT molecular complexity index is 1610. The number of hydrogen-bond acceptors (Lipinski definition) is 6. The number of sulfone groups is 1. The topological polar surface area (TPSA) is 92.7 Å². The summed E-state index contributed by atoms with van der Waals surface area (Å²) in [6.07, 6.45) is 0.625. The second kappa shape index (κ2) is 12.7. The highest BCUT2D eigenvalue weighted by Gasteiger charge is 2.30. The Morgan fingerprint density at radius 3 is 2.43 bits per heavy atom. The molecule has 0 radical (unpaired) electrons. The van der Waals surface area contributed by atoms with Crippen molar-refractivity contribution in [2.45, 2.75) is 62.3 Å². The van der Waals surface area contributed by atoms with Crippen LogP contribution < -0.4 is 15.4 Å². The Morgan fingerprint density at radius 1 is 1.10 bits per heavy atom. The Labute approximate surface area is 244 Å². The van der Waals surface area contributed by atoms with Crippen LogP contribution in [0, 0.1) is 11.8 Å². The van der Waals surface area contributed by atoms with E-state index in [0.717, 1.165) is 42.2 Å². The number of ether oxygens (including phenoxy) is 1. The Balaban J connectivity index is 1.59. The van der Waals surface area contributed by atoms with Gasteiger partial charge in [-0.2, -0.15) is 13.2 Å². The molecule has 2 aromatic carbocycles. The SMILES string of the molecule is CC(=O)Nc1cc(S(C)(=O)=O)ccc1OCC#Cc1cc2c(N[C@H]3CC[C@@H](N(C)C)CC3)cccc2n1CC(F)(F)F. The lowest BCUT2D eigenvalue weighted by atomic mass is 9.90. The van der Waals surface area contributed by atoms with Crippen LogP contribution in [0.25, 0.3) is 10.9 Å². The first-order chi connectivity index (χ1) is 19.7. The quantitative estimate of drug-likeness (QED) is 0.340. The van der Waals surface area contributed by atoms with E-state index in [1.807, 2.05) is 6.07 Å². The van der Waals surface area contributed by atoms with Gasteiger partial charge in [0.25, 0.3) is 0 Å². The van der Waals surface area contributed by atoms with E-state index in [2.05, 4.69) is 41.5 Å². The molecule has 1 aliphatic carbocycles. The van der Waals surface area contributed by atoms with Gasteiger partial charge in [0.15, 0.2) is 9.84 Å². The number of nitrogens with zero attached hydrogens (tertiary/aromatic N) is 2. The zero-order valence-corrected chi connectivity index (χ0v) is 24.8. The lowest BCUT2D eigenvalue weighted by Crippen LogP contribution is -2.36. The van der Waals surface area contributed by atoms with Gasteiger partial charge in [0.2, 0.25) is 5.91 Å². The lowest BCUT2D eigenvalue weighted by molar-refractivity contribution is -0.140. The second-order valence-corrected chi connectivity index (χ2v) is 12.8. The number of nitrogens with one attached hydrogen (secondary N) is 2. The molecule has 0 spiro atoms. The number of aromatic nitrogens is 1. The molecule has 0 unspecified atom stereocenters. The molecule has 0 bridgehead atoms. The van der Waals surface area contributed by atoms with Crippen molar-refractivity contribution in [3.05, 3.63) is 48.2 Å². The van der Waals surface area contributed by atoms with Crippen LogP contribution in [0.5, 0.6) is 5.75 Å². The van der Waals surface area contributed by atoms with Crippen LogP contribution in [0.1, 0.15) is 38.3 Å². The molecule has 1 heterocycles. The molecule has 1 saturated carbocycles. The van der Waals surface area contributed by atoms with Crippen LogP contribution in [-0.4, -0.2) is 69.0 Å². The average Bonchev–Trinajstić information content (AvgIpc) is 3.23. The average molecular weight is 605 g/mol. The van der Waals surface area contributed by atoms with Crippen molar-refractivity contribution in [2.24, 2.45) is 0 Å². The van der Waals surface area contributed by atoms with Crippen LogP contribution in [0.3, 0.4) is 0 Å². The van der Waals surface area contributed by atoms with Gasteiger partial charge < -0.3 is 24.8 Å². The molecule has 0 saturated heterocycles. The van der Waals surface area contributed by atoms with Crippen molar-refractivity contribution in [3.8, 4) is 17.6 Å². The van der Waals surface area contributed by atoms with Gasteiger partial charge in [-0.15, -0.1) is 0 Å². The van der Waals surface area contributed by atoms with Gasteiger partial charge in [0, 0.05) is 36.3 Å². The van der Waals surface area contributed by atoms with Gasteiger partial charge in [-0.1, -0.05) is 12.0 Å². The number of benzene rings is 2. The number of amides is 1. The summed E-state index contributed by atoms with van der Waals surface area (Å²) >= 11 is 0. The lowest BCUT2D eigenvalue weighted by Gasteiger charge is -2.33. The van der Waals surface area contributed by atoms with Gasteiger partial charge >= 0.3 is 6.18 Å². The van der Waals surface area contributed by atoms with Crippen LogP contribution in [0.15, 0.2) is 47.4 Å². The molecular formula is C30H35F3N4O4S. The zero-order chi connectivity index (χ0) is 30.7. The third-order valence-electron chi connectivity index (χ3n) is 7.28. The summed E-state index contributed by atoms with van der Waals surface area (Å²) in [5, 5.41) is 6.74. The number of carbonyl (C=O) groups is 1. The highest BCUT2D eigenvalue weighted by atomic mass is 32.2. The molecule has 42 heavy (non-hydrogen) atoms. The van der Waals surface area contributed by atoms with Crippen LogP contribution in [-0.2, 0) is 21.2 Å². The highest BCUT2D eigenvalue weighted by Crippen LogP contribution is 2.33. The Kier molecular flexibility index (Phi) is 9.43. The number of hydrogen-bond donors (Lipinski definition) is 2. The van der Waals surface area contributed by atoms with Crippen molar-refractivity contribution >= 4 is 38.0 Å². The number of alkyl halides is 3. The molecule has 1 aliphatic rings. The second-order valence-electron chi connectivity index (χ2n) is 10.8. The summed E-state index contributed by atoms with van der Waals surface area (Å²) in [7, 11) is 0.625. The summed E-state index contributed by atoms with van der Waals surface area (Å²) in [6, 6.07) is 11.7. The standard InChI is InChI=1S/C30H35F3N4O4S/c1-20(38)34-27-18-24(42(4,39)40)14-15-29(27)41-16-6-7-23-17-25-26(35-21-10-12-22(13-11-21)36(2)3)8-5-9-28(25)37(23)19-30(31,32)33/h5,8-9,14-15,17-18,21-22,35H,10-13,16,19H2,1-4H3,(H,34,38)/t21-,22+. The number of anilines is 2. The van der Waals surface area contributed by atoms with E-state index in [4.69, 9.17) is 4.74 Å². The number of fused-ring (bicyclic) bond motifs is 1. The van der Waals surface area contributed by atoms with Crippen LogP contribution >= 0.6 is 0 Å². The molecular weight excluding hydrogens is 569 g/mol. The van der Waals surface area contributed by atoms with E-state index >= 15 is 0 Å². The van der Waals surface area contributed by atoms with E-state index in [1.54, 1.807) is 18.2 Å². The highest BCUT2D eigenvalue weighted by molar-refractivity contribution is 7.90. The summed E-state index contributed by atoms with van der Waals surface area (Å²) in [5.74, 6) is 5.33. The van der Waals surface area contributed by atoms with Crippen molar-refractivity contribution in [1.29, 1.82) is 0 Å². The van der Waals surface area contributed by atoms with Gasteiger partial charge in [0.1, 0.15) is 18.9 Å². The molecule has 2 N–H and O–H groups in total. The van der Waals surface area contributed by atoms with Gasteiger partial charge in [0.05, 0.1) is 21.8 Å². The maximum absolute atomic E-state index is 13.6. The first kappa shape index (κ1) is 31.3. The van der Waals surface area contributed by atoms with Gasteiger partial charge in [-0.25, -0.2) is 8.42 Å².